The Kier molecular flexibility index (Phi) is 6.56. The summed E-state index contributed by atoms with van der Waals surface area (Å²) in [5.74, 6) is -0.264. The molecule has 0 saturated carbocycles. The van der Waals surface area contributed by atoms with E-state index in [1.54, 1.807) is 36.4 Å². The van der Waals surface area contributed by atoms with Gasteiger partial charge in [0.05, 0.1) is 11.1 Å². The maximum atomic E-state index is 12.1. The zero-order valence-corrected chi connectivity index (χ0v) is 15.8. The van der Waals surface area contributed by atoms with Crippen LogP contribution in [0.2, 0.25) is 0 Å². The van der Waals surface area contributed by atoms with Gasteiger partial charge in [0.1, 0.15) is 0 Å². The van der Waals surface area contributed by atoms with Crippen LogP contribution < -0.4 is 10.7 Å². The third kappa shape index (κ3) is 5.19. The number of benzene rings is 2. The average Bonchev–Trinajstić information content (AvgIpc) is 2.62. The lowest BCUT2D eigenvalue weighted by Crippen LogP contribution is -2.25. The maximum Gasteiger partial charge on any atom is 0.242 e. The summed E-state index contributed by atoms with van der Waals surface area (Å²) in [5, 5.41) is 6.73. The van der Waals surface area contributed by atoms with Gasteiger partial charge in [-0.25, -0.2) is 12.7 Å². The molecule has 0 radical (unpaired) electrons. The van der Waals surface area contributed by atoms with Crippen molar-refractivity contribution in [3.05, 3.63) is 60.2 Å². The molecular weight excluding hydrogens is 372 g/mol. The van der Waals surface area contributed by atoms with Crippen molar-refractivity contribution < 1.29 is 13.2 Å². The van der Waals surface area contributed by atoms with Crippen molar-refractivity contribution in [3.8, 4) is 0 Å². The first-order valence-corrected chi connectivity index (χ1v) is 9.37. The Morgan fingerprint density at radius 1 is 1.12 bits per heavy atom. The van der Waals surface area contributed by atoms with Crippen molar-refractivity contribution in [2.75, 3.05) is 19.4 Å². The average molecular weight is 390 g/mol. The highest BCUT2D eigenvalue weighted by Crippen LogP contribution is 2.17. The Morgan fingerprint density at radius 3 is 2.46 bits per heavy atom. The lowest BCUT2D eigenvalue weighted by molar-refractivity contribution is 0.107. The molecule has 0 bridgehead atoms. The molecule has 0 unspecified atom stereocenters. The number of rotatable bonds is 6. The van der Waals surface area contributed by atoms with Crippen LogP contribution in [-0.4, -0.2) is 43.9 Å². The fourth-order valence-corrected chi connectivity index (χ4v) is 3.05. The summed E-state index contributed by atoms with van der Waals surface area (Å²) in [7, 11) is -0.622. The van der Waals surface area contributed by atoms with Crippen molar-refractivity contribution >= 4 is 45.0 Å². The molecule has 0 aliphatic rings. The van der Waals surface area contributed by atoms with Crippen molar-refractivity contribution in [1.82, 2.24) is 9.73 Å². The molecule has 0 aliphatic carbocycles. The van der Waals surface area contributed by atoms with Gasteiger partial charge >= 0.3 is 0 Å². The van der Waals surface area contributed by atoms with Crippen LogP contribution in [0.4, 0.5) is 5.69 Å². The molecule has 0 spiro atoms. The number of sulfonamides is 1. The summed E-state index contributed by atoms with van der Waals surface area (Å²) in [6.07, 6.45) is 1.12. The van der Waals surface area contributed by atoms with E-state index in [0.29, 0.717) is 11.3 Å². The van der Waals surface area contributed by atoms with Gasteiger partial charge in [-0.3, -0.25) is 10.2 Å². The summed E-state index contributed by atoms with van der Waals surface area (Å²) in [6, 6.07) is 14.9. The molecule has 2 aromatic carbocycles. The van der Waals surface area contributed by atoms with E-state index in [4.69, 9.17) is 12.2 Å². The molecular formula is C17H18N4O3S2. The molecule has 0 aliphatic heterocycles. The third-order valence-electron chi connectivity index (χ3n) is 3.28. The first-order chi connectivity index (χ1) is 12.3. The Hall–Kier alpha value is -2.62. The van der Waals surface area contributed by atoms with E-state index >= 15 is 0 Å². The van der Waals surface area contributed by atoms with E-state index in [2.05, 4.69) is 15.8 Å². The van der Waals surface area contributed by atoms with Gasteiger partial charge < -0.3 is 5.32 Å². The van der Waals surface area contributed by atoms with Crippen LogP contribution in [0.15, 0.2) is 64.6 Å². The highest BCUT2D eigenvalue weighted by Gasteiger charge is 2.17. The van der Waals surface area contributed by atoms with E-state index in [1.807, 2.05) is 6.07 Å². The molecule has 0 amide bonds. The second-order valence-electron chi connectivity index (χ2n) is 5.37. The van der Waals surface area contributed by atoms with Crippen molar-refractivity contribution in [3.63, 3.8) is 0 Å². The molecule has 0 fully saturated rings. The SMILES string of the molecule is CN(C)S(=O)(=O)c1cccc(NC(=S)N/N=C\C(=O)c2ccccc2)c1. The molecule has 0 aromatic heterocycles. The number of hydrazone groups is 1. The molecule has 2 rings (SSSR count). The molecule has 0 saturated heterocycles. The lowest BCUT2D eigenvalue weighted by Gasteiger charge is -2.13. The second-order valence-corrected chi connectivity index (χ2v) is 7.93. The highest BCUT2D eigenvalue weighted by atomic mass is 32.2. The standard InChI is InChI=1S/C17H18N4O3S2/c1-21(2)26(23,24)15-10-6-9-14(11-15)19-17(25)20-18-12-16(22)13-7-4-3-5-8-13/h3-12H,1-2H3,(H2,19,20,25)/b18-12-. The number of hydrogen-bond acceptors (Lipinski definition) is 5. The normalized spacial score (nSPS) is 11.5. The summed E-state index contributed by atoms with van der Waals surface area (Å²) in [6.45, 7) is 0. The van der Waals surface area contributed by atoms with Crippen LogP contribution in [0.5, 0.6) is 0 Å². The van der Waals surface area contributed by atoms with Gasteiger partial charge in [0.25, 0.3) is 0 Å². The smallest absolute Gasteiger partial charge is 0.242 e. The Morgan fingerprint density at radius 2 is 1.81 bits per heavy atom. The van der Waals surface area contributed by atoms with Crippen molar-refractivity contribution in [2.24, 2.45) is 5.10 Å². The van der Waals surface area contributed by atoms with E-state index < -0.39 is 10.0 Å². The van der Waals surface area contributed by atoms with E-state index in [0.717, 1.165) is 10.5 Å². The van der Waals surface area contributed by atoms with Crippen LogP contribution in [0, 0.1) is 0 Å². The second kappa shape index (κ2) is 8.65. The minimum atomic E-state index is -3.54. The van der Waals surface area contributed by atoms with Gasteiger partial charge in [0.15, 0.2) is 5.11 Å². The van der Waals surface area contributed by atoms with Crippen LogP contribution in [-0.2, 0) is 10.0 Å². The van der Waals surface area contributed by atoms with Crippen LogP contribution >= 0.6 is 12.2 Å². The minimum Gasteiger partial charge on any atom is -0.331 e. The minimum absolute atomic E-state index is 0.126. The molecule has 9 heteroatoms. The predicted molar refractivity (Wildman–Crippen MR) is 106 cm³/mol. The van der Waals surface area contributed by atoms with Gasteiger partial charge in [-0.2, -0.15) is 5.10 Å². The number of thiocarbonyl (C=S) groups is 1. The quantitative estimate of drug-likeness (QED) is 0.340. The number of ketones is 1. The zero-order valence-electron chi connectivity index (χ0n) is 14.2. The topological polar surface area (TPSA) is 90.9 Å². The summed E-state index contributed by atoms with van der Waals surface area (Å²) >= 11 is 5.09. The first kappa shape index (κ1) is 19.7. The fraction of sp³-hybridized carbons (Fsp3) is 0.118. The number of carbonyl (C=O) groups is 1. The number of nitrogens with zero attached hydrogens (tertiary/aromatic N) is 2. The van der Waals surface area contributed by atoms with Crippen molar-refractivity contribution in [2.45, 2.75) is 4.90 Å². The van der Waals surface area contributed by atoms with Gasteiger partial charge in [-0.1, -0.05) is 36.4 Å². The molecule has 136 valence electrons. The number of Topliss-reactive ketones (excluding diaryl/α,β-unsaturated/α-hetero) is 1. The molecule has 0 heterocycles. The summed E-state index contributed by atoms with van der Waals surface area (Å²) < 4.78 is 25.4. The van der Waals surface area contributed by atoms with E-state index in [1.165, 1.54) is 26.2 Å². The number of carbonyl (C=O) groups excluding carboxylic acids is 1. The molecule has 2 aromatic rings. The summed E-state index contributed by atoms with van der Waals surface area (Å²) in [5.41, 5.74) is 3.52. The van der Waals surface area contributed by atoms with Crippen LogP contribution in [0.3, 0.4) is 0 Å². The van der Waals surface area contributed by atoms with Gasteiger partial charge in [0, 0.05) is 25.3 Å². The summed E-state index contributed by atoms with van der Waals surface area (Å²) in [4.78, 5) is 12.0. The highest BCUT2D eigenvalue weighted by molar-refractivity contribution is 7.89. The molecule has 0 atom stereocenters. The van der Waals surface area contributed by atoms with Crippen LogP contribution in [0.25, 0.3) is 0 Å². The van der Waals surface area contributed by atoms with Crippen molar-refractivity contribution in [1.29, 1.82) is 0 Å². The Labute approximate surface area is 157 Å². The van der Waals surface area contributed by atoms with Crippen LogP contribution in [0.1, 0.15) is 10.4 Å². The molecule has 26 heavy (non-hydrogen) atoms. The van der Waals surface area contributed by atoms with Gasteiger partial charge in [0.2, 0.25) is 15.8 Å². The van der Waals surface area contributed by atoms with E-state index in [-0.39, 0.29) is 15.8 Å². The number of anilines is 1. The predicted octanol–water partition coefficient (Wildman–Crippen LogP) is 2.09. The maximum absolute atomic E-state index is 12.1. The Bertz CT molecular complexity index is 926. The number of hydrogen-bond donors (Lipinski definition) is 2. The molecule has 2 N–H and O–H groups in total. The lowest BCUT2D eigenvalue weighted by atomic mass is 10.1. The number of nitrogens with one attached hydrogen (secondary N) is 2. The Balaban J connectivity index is 1.98. The fourth-order valence-electron chi connectivity index (χ4n) is 1.93. The van der Waals surface area contributed by atoms with E-state index in [9.17, 15) is 13.2 Å². The zero-order chi connectivity index (χ0) is 19.2. The largest absolute Gasteiger partial charge is 0.331 e. The van der Waals surface area contributed by atoms with Gasteiger partial charge in [-0.05, 0) is 30.4 Å². The third-order valence-corrected chi connectivity index (χ3v) is 5.28. The monoisotopic (exact) mass is 390 g/mol. The van der Waals surface area contributed by atoms with Gasteiger partial charge in [-0.15, -0.1) is 0 Å². The molecule has 7 nitrogen and oxygen atoms in total. The first-order valence-electron chi connectivity index (χ1n) is 7.53.